The molecule has 0 spiro atoms. The number of methoxy groups -OCH3 is 1. The lowest BCUT2D eigenvalue weighted by molar-refractivity contribution is -0.135. The number of carbonyl (C=O) groups excluding carboxylic acids is 3. The van der Waals surface area contributed by atoms with E-state index in [2.05, 4.69) is 15.4 Å². The van der Waals surface area contributed by atoms with Crippen LogP contribution in [0.2, 0.25) is 0 Å². The number of benzene rings is 1. The topological polar surface area (TPSA) is 97.0 Å². The van der Waals surface area contributed by atoms with E-state index in [0.29, 0.717) is 32.2 Å². The lowest BCUT2D eigenvalue weighted by Gasteiger charge is -2.36. The van der Waals surface area contributed by atoms with Gasteiger partial charge in [0, 0.05) is 19.5 Å². The number of nitrogens with one attached hydrogen (secondary N) is 2. The van der Waals surface area contributed by atoms with Crippen LogP contribution in [0.4, 0.5) is 4.79 Å². The minimum Gasteiger partial charge on any atom is -0.438 e. The summed E-state index contributed by atoms with van der Waals surface area (Å²) in [4.78, 5) is 38.6. The summed E-state index contributed by atoms with van der Waals surface area (Å²) in [5.74, 6) is -0.130. The second kappa shape index (κ2) is 13.1. The molecular formula is C24H37N3O5. The van der Waals surface area contributed by atoms with Crippen molar-refractivity contribution in [3.8, 4) is 0 Å². The quantitative estimate of drug-likeness (QED) is 0.507. The van der Waals surface area contributed by atoms with Crippen LogP contribution in [-0.2, 0) is 32.1 Å². The molecule has 0 unspecified atom stereocenters. The molecule has 1 aromatic rings. The maximum Gasteiger partial charge on any atom is 0.508 e. The van der Waals surface area contributed by atoms with Crippen LogP contribution in [0.15, 0.2) is 24.3 Å². The third-order valence-electron chi connectivity index (χ3n) is 5.78. The SMILES string of the molecule is COC(=O)OCc1ccc(CCCC(=O)NC2(C(=O)NCCN(C)C)CCCCC2)cc1. The smallest absolute Gasteiger partial charge is 0.438 e. The zero-order chi connectivity index (χ0) is 23.4. The Labute approximate surface area is 191 Å². The minimum absolute atomic E-state index is 0.0582. The first-order valence-electron chi connectivity index (χ1n) is 11.4. The number of likely N-dealkylation sites (N-methyl/N-ethyl adjacent to an activating group) is 1. The normalized spacial score (nSPS) is 15.1. The third-order valence-corrected chi connectivity index (χ3v) is 5.78. The van der Waals surface area contributed by atoms with E-state index in [1.165, 1.54) is 7.11 Å². The summed E-state index contributed by atoms with van der Waals surface area (Å²) >= 11 is 0. The van der Waals surface area contributed by atoms with E-state index in [0.717, 1.165) is 43.4 Å². The number of rotatable bonds is 11. The predicted molar refractivity (Wildman–Crippen MR) is 122 cm³/mol. The van der Waals surface area contributed by atoms with Crippen molar-refractivity contribution >= 4 is 18.0 Å². The van der Waals surface area contributed by atoms with Gasteiger partial charge >= 0.3 is 6.16 Å². The Bertz CT molecular complexity index is 743. The zero-order valence-electron chi connectivity index (χ0n) is 19.6. The van der Waals surface area contributed by atoms with E-state index >= 15 is 0 Å². The molecule has 1 aromatic carbocycles. The van der Waals surface area contributed by atoms with Crippen LogP contribution in [0.5, 0.6) is 0 Å². The van der Waals surface area contributed by atoms with E-state index < -0.39 is 11.7 Å². The molecule has 1 aliphatic carbocycles. The molecule has 1 fully saturated rings. The van der Waals surface area contributed by atoms with Gasteiger partial charge in [-0.3, -0.25) is 9.59 Å². The van der Waals surface area contributed by atoms with Crippen molar-refractivity contribution in [3.63, 3.8) is 0 Å². The Balaban J connectivity index is 1.80. The number of aryl methyl sites for hydroxylation is 1. The van der Waals surface area contributed by atoms with Crippen LogP contribution in [-0.4, -0.2) is 62.7 Å². The largest absolute Gasteiger partial charge is 0.508 e. The first-order chi connectivity index (χ1) is 15.3. The van der Waals surface area contributed by atoms with Crippen LogP contribution in [0.1, 0.15) is 56.1 Å². The van der Waals surface area contributed by atoms with Crippen LogP contribution in [0, 0.1) is 0 Å². The summed E-state index contributed by atoms with van der Waals surface area (Å²) in [7, 11) is 5.21. The van der Waals surface area contributed by atoms with Crippen molar-refractivity contribution in [2.45, 2.75) is 63.5 Å². The van der Waals surface area contributed by atoms with Gasteiger partial charge in [0.15, 0.2) is 0 Å². The zero-order valence-corrected chi connectivity index (χ0v) is 19.6. The van der Waals surface area contributed by atoms with Crippen molar-refractivity contribution < 1.29 is 23.9 Å². The van der Waals surface area contributed by atoms with Gasteiger partial charge in [0.2, 0.25) is 11.8 Å². The third kappa shape index (κ3) is 8.49. The highest BCUT2D eigenvalue weighted by Gasteiger charge is 2.40. The molecule has 8 heteroatoms. The molecule has 0 aliphatic heterocycles. The van der Waals surface area contributed by atoms with Crippen molar-refractivity contribution in [3.05, 3.63) is 35.4 Å². The summed E-state index contributed by atoms with van der Waals surface area (Å²) in [5, 5.41) is 6.08. The number of carbonyl (C=O) groups is 3. The van der Waals surface area contributed by atoms with E-state index in [9.17, 15) is 14.4 Å². The molecule has 2 rings (SSSR count). The van der Waals surface area contributed by atoms with E-state index in [-0.39, 0.29) is 18.4 Å². The molecule has 8 nitrogen and oxygen atoms in total. The monoisotopic (exact) mass is 447 g/mol. The Hall–Kier alpha value is -2.61. The van der Waals surface area contributed by atoms with E-state index in [4.69, 9.17) is 4.74 Å². The highest BCUT2D eigenvalue weighted by atomic mass is 16.7. The van der Waals surface area contributed by atoms with Gasteiger partial charge < -0.3 is 25.0 Å². The maximum absolute atomic E-state index is 12.9. The molecule has 2 amide bonds. The Kier molecular flexibility index (Phi) is 10.5. The molecule has 0 atom stereocenters. The van der Waals surface area contributed by atoms with Gasteiger partial charge in [-0.25, -0.2) is 4.79 Å². The lowest BCUT2D eigenvalue weighted by Crippen LogP contribution is -2.60. The van der Waals surface area contributed by atoms with E-state index in [1.54, 1.807) is 0 Å². The van der Waals surface area contributed by atoms with Gasteiger partial charge in [-0.2, -0.15) is 0 Å². The van der Waals surface area contributed by atoms with Crippen molar-refractivity contribution in [1.82, 2.24) is 15.5 Å². The highest BCUT2D eigenvalue weighted by molar-refractivity contribution is 5.91. The summed E-state index contributed by atoms with van der Waals surface area (Å²) < 4.78 is 9.37. The molecule has 0 heterocycles. The number of nitrogens with zero attached hydrogens (tertiary/aromatic N) is 1. The number of amides is 2. The van der Waals surface area contributed by atoms with Gasteiger partial charge in [-0.05, 0) is 50.9 Å². The summed E-state index contributed by atoms with van der Waals surface area (Å²) in [6, 6.07) is 7.73. The second-order valence-corrected chi connectivity index (χ2v) is 8.66. The fourth-order valence-electron chi connectivity index (χ4n) is 3.91. The predicted octanol–water partition coefficient (Wildman–Crippen LogP) is 2.79. The molecular weight excluding hydrogens is 410 g/mol. The first-order valence-corrected chi connectivity index (χ1v) is 11.4. The van der Waals surface area contributed by atoms with Gasteiger partial charge in [-0.1, -0.05) is 43.5 Å². The molecule has 32 heavy (non-hydrogen) atoms. The average Bonchev–Trinajstić information content (AvgIpc) is 2.78. The van der Waals surface area contributed by atoms with Gasteiger partial charge in [0.1, 0.15) is 12.1 Å². The van der Waals surface area contributed by atoms with Crippen LogP contribution < -0.4 is 10.6 Å². The number of hydrogen-bond donors (Lipinski definition) is 2. The standard InChI is InChI=1S/C24H37N3O5/c1-27(2)17-16-25-22(29)24(14-5-4-6-15-24)26-21(28)9-7-8-19-10-12-20(13-11-19)18-32-23(30)31-3/h10-13H,4-9,14-18H2,1-3H3,(H,25,29)(H,26,28). The van der Waals surface area contributed by atoms with Gasteiger partial charge in [0.05, 0.1) is 7.11 Å². The lowest BCUT2D eigenvalue weighted by atomic mass is 9.80. The number of ether oxygens (including phenoxy) is 2. The Morgan fingerprint density at radius 3 is 2.31 bits per heavy atom. The molecule has 0 radical (unpaired) electrons. The summed E-state index contributed by atoms with van der Waals surface area (Å²) in [6.07, 6.45) is 5.52. The van der Waals surface area contributed by atoms with Crippen molar-refractivity contribution in [2.24, 2.45) is 0 Å². The van der Waals surface area contributed by atoms with Crippen molar-refractivity contribution in [2.75, 3.05) is 34.3 Å². The van der Waals surface area contributed by atoms with Crippen LogP contribution in [0.25, 0.3) is 0 Å². The van der Waals surface area contributed by atoms with Crippen molar-refractivity contribution in [1.29, 1.82) is 0 Å². The molecule has 0 bridgehead atoms. The molecule has 178 valence electrons. The van der Waals surface area contributed by atoms with E-state index in [1.807, 2.05) is 43.3 Å². The van der Waals surface area contributed by atoms with Gasteiger partial charge in [-0.15, -0.1) is 0 Å². The molecule has 0 aromatic heterocycles. The average molecular weight is 448 g/mol. The van der Waals surface area contributed by atoms with Crippen LogP contribution in [0.3, 0.4) is 0 Å². The molecule has 1 aliphatic rings. The molecule has 0 saturated heterocycles. The van der Waals surface area contributed by atoms with Gasteiger partial charge in [0.25, 0.3) is 0 Å². The Morgan fingerprint density at radius 1 is 1.03 bits per heavy atom. The molecule has 1 saturated carbocycles. The number of hydrogen-bond acceptors (Lipinski definition) is 6. The summed E-state index contributed by atoms with van der Waals surface area (Å²) in [6.45, 7) is 1.50. The fraction of sp³-hybridized carbons (Fsp3) is 0.625. The second-order valence-electron chi connectivity index (χ2n) is 8.66. The highest BCUT2D eigenvalue weighted by Crippen LogP contribution is 2.28. The maximum atomic E-state index is 12.9. The fourth-order valence-corrected chi connectivity index (χ4v) is 3.91. The Morgan fingerprint density at radius 2 is 1.69 bits per heavy atom. The first kappa shape index (κ1) is 25.6. The van der Waals surface area contributed by atoms with Crippen LogP contribution >= 0.6 is 0 Å². The minimum atomic E-state index is -0.775. The summed E-state index contributed by atoms with van der Waals surface area (Å²) in [5.41, 5.74) is 1.20. The molecule has 2 N–H and O–H groups in total.